The molecule has 0 N–H and O–H groups in total. The van der Waals surface area contributed by atoms with Gasteiger partial charge in [-0.1, -0.05) is 34.1 Å². The van der Waals surface area contributed by atoms with E-state index in [1.807, 2.05) is 6.07 Å². The molecule has 0 saturated carbocycles. The standard InChI is InChI=1S/C22H10BrF3N2O2S/c23-15-5-6-19-13(8-15)9-16(21(29)30-19)18-11-31-20(28-18)14(10-27)7-12-3-1-2-4-17(12)22(24,25)26/h1-9,11H. The Labute approximate surface area is 186 Å². The first kappa shape index (κ1) is 21.0. The summed E-state index contributed by atoms with van der Waals surface area (Å²) in [5.74, 6) is 0. The van der Waals surface area contributed by atoms with Gasteiger partial charge in [0.05, 0.1) is 22.4 Å². The maximum Gasteiger partial charge on any atom is 0.416 e. The van der Waals surface area contributed by atoms with E-state index in [1.165, 1.54) is 18.2 Å². The minimum absolute atomic E-state index is 0.0409. The van der Waals surface area contributed by atoms with Crippen LogP contribution >= 0.6 is 27.3 Å². The van der Waals surface area contributed by atoms with Gasteiger partial charge < -0.3 is 4.42 Å². The molecule has 0 aliphatic carbocycles. The van der Waals surface area contributed by atoms with Crippen LogP contribution in [-0.2, 0) is 6.18 Å². The number of alkyl halides is 3. The molecule has 4 nitrogen and oxygen atoms in total. The fraction of sp³-hybridized carbons (Fsp3) is 0.0455. The van der Waals surface area contributed by atoms with Gasteiger partial charge in [0, 0.05) is 15.2 Å². The maximum absolute atomic E-state index is 13.3. The molecule has 2 aromatic heterocycles. The van der Waals surface area contributed by atoms with Gasteiger partial charge in [0.1, 0.15) is 16.7 Å². The number of hydrogen-bond donors (Lipinski definition) is 0. The van der Waals surface area contributed by atoms with Gasteiger partial charge in [-0.15, -0.1) is 11.3 Å². The second-order valence-corrected chi connectivity index (χ2v) is 8.20. The average Bonchev–Trinajstić information content (AvgIpc) is 3.21. The number of benzene rings is 2. The Balaban J connectivity index is 1.78. The first-order valence-electron chi connectivity index (χ1n) is 8.74. The van der Waals surface area contributed by atoms with Crippen molar-refractivity contribution >= 4 is 49.9 Å². The number of nitrogens with zero attached hydrogens (tertiary/aromatic N) is 2. The molecule has 31 heavy (non-hydrogen) atoms. The summed E-state index contributed by atoms with van der Waals surface area (Å²) in [6.07, 6.45) is -3.41. The van der Waals surface area contributed by atoms with E-state index in [1.54, 1.807) is 29.6 Å². The van der Waals surface area contributed by atoms with E-state index in [4.69, 9.17) is 4.42 Å². The molecule has 2 heterocycles. The number of nitriles is 1. The fourth-order valence-electron chi connectivity index (χ4n) is 2.97. The molecule has 0 bridgehead atoms. The third-order valence-corrected chi connectivity index (χ3v) is 5.76. The predicted molar refractivity (Wildman–Crippen MR) is 116 cm³/mol. The Kier molecular flexibility index (Phi) is 5.52. The second kappa shape index (κ2) is 8.13. The normalized spacial score (nSPS) is 12.2. The van der Waals surface area contributed by atoms with E-state index < -0.39 is 17.4 Å². The second-order valence-electron chi connectivity index (χ2n) is 6.42. The van der Waals surface area contributed by atoms with E-state index in [9.17, 15) is 23.2 Å². The Hall–Kier alpha value is -3.22. The molecule has 4 rings (SSSR count). The van der Waals surface area contributed by atoms with Crippen LogP contribution in [0.15, 0.2) is 67.6 Å². The van der Waals surface area contributed by atoms with Crippen molar-refractivity contribution in [3.05, 3.63) is 84.9 Å². The number of hydrogen-bond acceptors (Lipinski definition) is 5. The van der Waals surface area contributed by atoms with Crippen LogP contribution in [0.1, 0.15) is 16.1 Å². The first-order chi connectivity index (χ1) is 14.8. The maximum atomic E-state index is 13.3. The zero-order valence-electron chi connectivity index (χ0n) is 15.4. The summed E-state index contributed by atoms with van der Waals surface area (Å²) in [5.41, 5.74) is -0.744. The monoisotopic (exact) mass is 502 g/mol. The zero-order chi connectivity index (χ0) is 22.2. The predicted octanol–water partition coefficient (Wildman–Crippen LogP) is 6.76. The molecule has 0 aliphatic heterocycles. The number of halogens is 4. The molecule has 0 amide bonds. The van der Waals surface area contributed by atoms with E-state index in [0.29, 0.717) is 11.0 Å². The highest BCUT2D eigenvalue weighted by molar-refractivity contribution is 9.10. The lowest BCUT2D eigenvalue weighted by molar-refractivity contribution is -0.137. The van der Waals surface area contributed by atoms with Crippen molar-refractivity contribution in [1.82, 2.24) is 4.98 Å². The van der Waals surface area contributed by atoms with Crippen LogP contribution in [0.5, 0.6) is 0 Å². The van der Waals surface area contributed by atoms with Crippen molar-refractivity contribution in [2.24, 2.45) is 0 Å². The summed E-state index contributed by atoms with van der Waals surface area (Å²) >= 11 is 4.41. The van der Waals surface area contributed by atoms with Crippen molar-refractivity contribution < 1.29 is 17.6 Å². The summed E-state index contributed by atoms with van der Waals surface area (Å²) in [6, 6.07) is 13.7. The lowest BCUT2D eigenvalue weighted by Crippen LogP contribution is -2.07. The van der Waals surface area contributed by atoms with Crippen molar-refractivity contribution in [2.75, 3.05) is 0 Å². The minimum atomic E-state index is -4.56. The van der Waals surface area contributed by atoms with Gasteiger partial charge >= 0.3 is 11.8 Å². The Morgan fingerprint density at radius 3 is 2.71 bits per heavy atom. The van der Waals surface area contributed by atoms with Gasteiger partial charge in [0.25, 0.3) is 0 Å². The smallest absolute Gasteiger partial charge is 0.416 e. The molecular formula is C22H10BrF3N2O2S. The number of aromatic nitrogens is 1. The van der Waals surface area contributed by atoms with Crippen LogP contribution in [0.4, 0.5) is 13.2 Å². The molecule has 9 heteroatoms. The summed E-state index contributed by atoms with van der Waals surface area (Å²) < 4.78 is 45.9. The molecule has 0 spiro atoms. The molecule has 0 aliphatic rings. The first-order valence-corrected chi connectivity index (χ1v) is 10.4. The SMILES string of the molecule is N#CC(=Cc1ccccc1C(F)(F)F)c1nc(-c2cc3cc(Br)ccc3oc2=O)cs1. The van der Waals surface area contributed by atoms with Crippen molar-refractivity contribution in [2.45, 2.75) is 6.18 Å². The molecule has 2 aromatic carbocycles. The van der Waals surface area contributed by atoms with Crippen LogP contribution in [0, 0.1) is 11.3 Å². The summed E-state index contributed by atoms with van der Waals surface area (Å²) in [4.78, 5) is 16.7. The molecule has 0 saturated heterocycles. The summed E-state index contributed by atoms with van der Waals surface area (Å²) in [7, 11) is 0. The van der Waals surface area contributed by atoms with Gasteiger partial charge in [-0.05, 0) is 42.0 Å². The summed E-state index contributed by atoms with van der Waals surface area (Å²) in [5, 5.41) is 12.0. The van der Waals surface area contributed by atoms with Gasteiger partial charge in [-0.2, -0.15) is 18.4 Å². The third-order valence-electron chi connectivity index (χ3n) is 4.39. The highest BCUT2D eigenvalue weighted by Gasteiger charge is 2.32. The van der Waals surface area contributed by atoms with Crippen LogP contribution in [0.25, 0.3) is 33.9 Å². The summed E-state index contributed by atoms with van der Waals surface area (Å²) in [6.45, 7) is 0. The molecule has 0 unspecified atom stereocenters. The number of rotatable bonds is 3. The van der Waals surface area contributed by atoms with Crippen LogP contribution < -0.4 is 5.63 Å². The molecule has 4 aromatic rings. The third kappa shape index (κ3) is 4.31. The lowest BCUT2D eigenvalue weighted by atomic mass is 10.0. The highest BCUT2D eigenvalue weighted by Crippen LogP contribution is 2.34. The van der Waals surface area contributed by atoms with E-state index >= 15 is 0 Å². The molecular weight excluding hydrogens is 493 g/mol. The number of thiazole rings is 1. The lowest BCUT2D eigenvalue weighted by Gasteiger charge is -2.09. The topological polar surface area (TPSA) is 66.9 Å². The van der Waals surface area contributed by atoms with Crippen molar-refractivity contribution in [3.8, 4) is 17.3 Å². The number of fused-ring (bicyclic) bond motifs is 1. The van der Waals surface area contributed by atoms with Crippen LogP contribution in [0.2, 0.25) is 0 Å². The van der Waals surface area contributed by atoms with Crippen molar-refractivity contribution in [3.63, 3.8) is 0 Å². The van der Waals surface area contributed by atoms with Gasteiger partial charge in [-0.3, -0.25) is 0 Å². The molecule has 0 radical (unpaired) electrons. The average molecular weight is 503 g/mol. The quantitative estimate of drug-likeness (QED) is 0.229. The molecule has 0 fully saturated rings. The van der Waals surface area contributed by atoms with E-state index in [0.717, 1.165) is 28.0 Å². The van der Waals surface area contributed by atoms with Gasteiger partial charge in [-0.25, -0.2) is 9.78 Å². The minimum Gasteiger partial charge on any atom is -0.422 e. The largest absolute Gasteiger partial charge is 0.422 e. The van der Waals surface area contributed by atoms with Crippen molar-refractivity contribution in [1.29, 1.82) is 5.26 Å². The molecule has 0 atom stereocenters. The van der Waals surface area contributed by atoms with Gasteiger partial charge in [0.15, 0.2) is 0 Å². The van der Waals surface area contributed by atoms with Crippen LogP contribution in [0.3, 0.4) is 0 Å². The van der Waals surface area contributed by atoms with E-state index in [2.05, 4.69) is 20.9 Å². The van der Waals surface area contributed by atoms with Crippen LogP contribution in [-0.4, -0.2) is 4.98 Å². The Morgan fingerprint density at radius 1 is 1.19 bits per heavy atom. The molecule has 154 valence electrons. The fourth-order valence-corrected chi connectivity index (χ4v) is 4.14. The highest BCUT2D eigenvalue weighted by atomic mass is 79.9. The zero-order valence-corrected chi connectivity index (χ0v) is 17.8. The Morgan fingerprint density at radius 2 is 1.97 bits per heavy atom. The number of allylic oxidation sites excluding steroid dienone is 1. The Bertz CT molecular complexity index is 1430. The van der Waals surface area contributed by atoms with Gasteiger partial charge in [0.2, 0.25) is 0 Å². The van der Waals surface area contributed by atoms with E-state index in [-0.39, 0.29) is 27.4 Å².